The molecular formula is C35H41F3N4O4S2. The molecule has 48 heavy (non-hydrogen) atoms. The maximum absolute atomic E-state index is 13.7. The van der Waals surface area contributed by atoms with Gasteiger partial charge in [0.05, 0.1) is 53.7 Å². The fourth-order valence-electron chi connectivity index (χ4n) is 7.15. The van der Waals surface area contributed by atoms with Crippen LogP contribution in [0.2, 0.25) is 0 Å². The van der Waals surface area contributed by atoms with E-state index in [0.29, 0.717) is 39.5 Å². The van der Waals surface area contributed by atoms with E-state index in [1.807, 2.05) is 6.07 Å². The van der Waals surface area contributed by atoms with Gasteiger partial charge in [-0.05, 0) is 87.9 Å². The van der Waals surface area contributed by atoms with Gasteiger partial charge in [0, 0.05) is 40.8 Å². The smallest absolute Gasteiger partial charge is 0.406 e. The normalized spacial score (nSPS) is 21.3. The largest absolute Gasteiger partial charge is 0.495 e. The number of hydrogen-bond donors (Lipinski definition) is 2. The molecule has 3 heterocycles. The maximum Gasteiger partial charge on any atom is 0.406 e. The number of ether oxygens (including phenoxy) is 2. The minimum absolute atomic E-state index is 0.0900. The van der Waals surface area contributed by atoms with Crippen LogP contribution in [0.4, 0.5) is 24.5 Å². The number of anilines is 2. The summed E-state index contributed by atoms with van der Waals surface area (Å²) in [5, 5.41) is 7.07. The van der Waals surface area contributed by atoms with Gasteiger partial charge in [-0.1, -0.05) is 24.2 Å². The highest BCUT2D eigenvalue weighted by Gasteiger charge is 2.42. The number of benzene rings is 2. The van der Waals surface area contributed by atoms with Crippen LogP contribution in [0.25, 0.3) is 10.9 Å². The average molecular weight is 703 g/mol. The summed E-state index contributed by atoms with van der Waals surface area (Å²) >= 11 is 5.87. The van der Waals surface area contributed by atoms with E-state index in [9.17, 15) is 21.6 Å². The summed E-state index contributed by atoms with van der Waals surface area (Å²) in [6.07, 6.45) is 3.22. The van der Waals surface area contributed by atoms with Crippen LogP contribution in [0.15, 0.2) is 47.4 Å². The molecule has 1 saturated carbocycles. The number of rotatable bonds is 8. The molecule has 3 aliphatic rings. The minimum atomic E-state index is -4.45. The number of halogens is 3. The number of nitrogens with zero attached hydrogens (tertiary/aromatic N) is 2. The van der Waals surface area contributed by atoms with Gasteiger partial charge < -0.3 is 29.6 Å². The van der Waals surface area contributed by atoms with Crippen LogP contribution < -0.4 is 15.4 Å². The molecular weight excluding hydrogens is 662 g/mol. The zero-order valence-corrected chi connectivity index (χ0v) is 28.8. The molecule has 1 aromatic heterocycles. The van der Waals surface area contributed by atoms with Crippen molar-refractivity contribution in [1.82, 2.24) is 9.47 Å². The van der Waals surface area contributed by atoms with Gasteiger partial charge in [-0.3, -0.25) is 0 Å². The molecule has 6 rings (SSSR count). The van der Waals surface area contributed by atoms with Gasteiger partial charge in [-0.25, -0.2) is 8.42 Å². The second kappa shape index (κ2) is 13.9. The fraction of sp³-hybridized carbons (Fsp3) is 0.514. The summed E-state index contributed by atoms with van der Waals surface area (Å²) in [4.78, 5) is 3.48. The molecule has 3 fully saturated rings. The number of fused-ring (bicyclic) bond motifs is 1. The van der Waals surface area contributed by atoms with Gasteiger partial charge >= 0.3 is 6.18 Å². The highest BCUT2D eigenvalue weighted by Crippen LogP contribution is 2.41. The zero-order valence-electron chi connectivity index (χ0n) is 27.2. The zero-order chi connectivity index (χ0) is 34.1. The Morgan fingerprint density at radius 3 is 2.44 bits per heavy atom. The highest BCUT2D eigenvalue weighted by molar-refractivity contribution is 7.90. The maximum atomic E-state index is 13.7. The molecule has 0 atom stereocenters. The number of methoxy groups -OCH3 is 1. The summed E-state index contributed by atoms with van der Waals surface area (Å²) in [6, 6.07) is 11.9. The number of likely N-dealkylation sites (tertiary alicyclic amines) is 1. The Morgan fingerprint density at radius 1 is 1.08 bits per heavy atom. The summed E-state index contributed by atoms with van der Waals surface area (Å²) in [5.74, 6) is 6.34. The number of aromatic nitrogens is 1. The third-order valence-electron chi connectivity index (χ3n) is 9.98. The van der Waals surface area contributed by atoms with Crippen molar-refractivity contribution in [3.8, 4) is 17.6 Å². The van der Waals surface area contributed by atoms with E-state index in [1.54, 1.807) is 24.3 Å². The third-order valence-corrected chi connectivity index (χ3v) is 11.5. The first kappa shape index (κ1) is 34.5. The fourth-order valence-corrected chi connectivity index (χ4v) is 8.13. The first-order chi connectivity index (χ1) is 22.8. The topological polar surface area (TPSA) is 84.8 Å². The molecule has 8 nitrogen and oxygen atoms in total. The lowest BCUT2D eigenvalue weighted by Crippen LogP contribution is -2.53. The summed E-state index contributed by atoms with van der Waals surface area (Å²) in [5.41, 5.74) is 2.24. The van der Waals surface area contributed by atoms with Crippen molar-refractivity contribution in [2.45, 2.75) is 62.2 Å². The van der Waals surface area contributed by atoms with E-state index in [2.05, 4.69) is 27.4 Å². The van der Waals surface area contributed by atoms with Gasteiger partial charge in [-0.2, -0.15) is 13.2 Å². The lowest BCUT2D eigenvalue weighted by Gasteiger charge is -2.49. The lowest BCUT2D eigenvalue weighted by atomic mass is 9.75. The molecule has 258 valence electrons. The standard InChI is InChI=1S/C35H41F3N4O4S2/c1-45-32-20-27(48(2,43)44)12-13-30(32)39-16-4-5-26-19-28-29(6-3-7-31(28)42(26)21-35(36,37)38)40-33(47)24-8-10-25(11-9-24)41-17-14-34(15-18-41)22-46-23-34/h3,6-7,12-13,19-20,24-25,39H,8-11,14-18,21-23H2,1-2H3,(H,40,47). The molecule has 2 N–H and O–H groups in total. The quantitative estimate of drug-likeness (QED) is 0.204. The lowest BCUT2D eigenvalue weighted by molar-refractivity contribution is -0.143. The van der Waals surface area contributed by atoms with Crippen molar-refractivity contribution in [2.24, 2.45) is 11.3 Å². The van der Waals surface area contributed by atoms with E-state index in [-0.39, 0.29) is 23.1 Å². The Hall–Kier alpha value is -3.31. The minimum Gasteiger partial charge on any atom is -0.495 e. The Morgan fingerprint density at radius 2 is 1.81 bits per heavy atom. The first-order valence-electron chi connectivity index (χ1n) is 16.3. The van der Waals surface area contributed by atoms with Crippen molar-refractivity contribution >= 4 is 49.3 Å². The van der Waals surface area contributed by atoms with Crippen molar-refractivity contribution in [2.75, 3.05) is 56.8 Å². The Kier molecular flexibility index (Phi) is 10.0. The highest BCUT2D eigenvalue weighted by atomic mass is 32.2. The van der Waals surface area contributed by atoms with Gasteiger partial charge in [0.2, 0.25) is 0 Å². The molecule has 13 heteroatoms. The molecule has 0 radical (unpaired) electrons. The molecule has 2 saturated heterocycles. The van der Waals surface area contributed by atoms with Crippen LogP contribution in [0, 0.1) is 23.2 Å². The first-order valence-corrected chi connectivity index (χ1v) is 18.6. The second-order valence-corrected chi connectivity index (χ2v) is 15.7. The van der Waals surface area contributed by atoms with Crippen molar-refractivity contribution in [3.05, 3.63) is 48.2 Å². The Bertz CT molecular complexity index is 1830. The molecule has 0 amide bonds. The molecule has 1 spiro atoms. The van der Waals surface area contributed by atoms with Gasteiger partial charge in [-0.15, -0.1) is 0 Å². The van der Waals surface area contributed by atoms with Gasteiger partial charge in [0.25, 0.3) is 0 Å². The van der Waals surface area contributed by atoms with Crippen LogP contribution in [0.3, 0.4) is 0 Å². The van der Waals surface area contributed by atoms with Crippen LogP contribution in [-0.2, 0) is 21.1 Å². The monoisotopic (exact) mass is 702 g/mol. The van der Waals surface area contributed by atoms with E-state index in [0.717, 1.165) is 63.2 Å². The molecule has 3 aromatic rings. The van der Waals surface area contributed by atoms with Gasteiger partial charge in [0.15, 0.2) is 9.84 Å². The van der Waals surface area contributed by atoms with Gasteiger partial charge in [0.1, 0.15) is 12.3 Å². The SMILES string of the molecule is COc1cc(S(C)(=O)=O)ccc1NCC#Cc1cc2c(NC(=S)C3CCC(N4CCC5(CC4)COC5)CC3)cccc2n1CC(F)(F)F. The number of piperidine rings is 1. The Labute approximate surface area is 285 Å². The Balaban J connectivity index is 1.13. The van der Waals surface area contributed by atoms with E-state index in [4.69, 9.17) is 21.7 Å². The number of sulfone groups is 1. The van der Waals surface area contributed by atoms with Crippen molar-refractivity contribution in [3.63, 3.8) is 0 Å². The van der Waals surface area contributed by atoms with E-state index in [1.165, 1.54) is 36.7 Å². The predicted octanol–water partition coefficient (Wildman–Crippen LogP) is 6.49. The second-order valence-electron chi connectivity index (χ2n) is 13.3. The number of nitrogens with one attached hydrogen (secondary N) is 2. The number of hydrogen-bond acceptors (Lipinski definition) is 7. The van der Waals surface area contributed by atoms with Crippen LogP contribution in [0.5, 0.6) is 5.75 Å². The third kappa shape index (κ3) is 7.77. The van der Waals surface area contributed by atoms with Crippen molar-refractivity contribution in [1.29, 1.82) is 0 Å². The molecule has 2 aliphatic heterocycles. The summed E-state index contributed by atoms with van der Waals surface area (Å²) < 4.78 is 77.0. The molecule has 0 unspecified atom stereocenters. The summed E-state index contributed by atoms with van der Waals surface area (Å²) in [7, 11) is -2.00. The van der Waals surface area contributed by atoms with E-state index < -0.39 is 22.6 Å². The van der Waals surface area contributed by atoms with Crippen molar-refractivity contribution < 1.29 is 31.1 Å². The summed E-state index contributed by atoms with van der Waals surface area (Å²) in [6.45, 7) is 2.99. The molecule has 2 aromatic carbocycles. The number of alkyl halides is 3. The van der Waals surface area contributed by atoms with Crippen LogP contribution >= 0.6 is 12.2 Å². The van der Waals surface area contributed by atoms with Crippen LogP contribution in [0.1, 0.15) is 44.2 Å². The van der Waals surface area contributed by atoms with Crippen LogP contribution in [-0.4, -0.2) is 81.3 Å². The number of thiocarbonyl (C=S) groups is 1. The van der Waals surface area contributed by atoms with E-state index >= 15 is 0 Å². The molecule has 0 bridgehead atoms. The average Bonchev–Trinajstić information content (AvgIpc) is 3.38. The molecule has 1 aliphatic carbocycles. The predicted molar refractivity (Wildman–Crippen MR) is 185 cm³/mol.